The van der Waals surface area contributed by atoms with Gasteiger partial charge in [0.05, 0.1) is 6.54 Å². The van der Waals surface area contributed by atoms with E-state index in [2.05, 4.69) is 0 Å². The normalized spacial score (nSPS) is 11.1. The maximum Gasteiger partial charge on any atom is 0.324 e. The number of amides is 1. The second-order valence-electron chi connectivity index (χ2n) is 3.65. The predicted molar refractivity (Wildman–Crippen MR) is 64.9 cm³/mol. The summed E-state index contributed by atoms with van der Waals surface area (Å²) in [4.78, 5) is 11.4. The van der Waals surface area contributed by atoms with Crippen LogP contribution in [-0.4, -0.2) is 24.8 Å². The molecule has 1 amide bonds. The van der Waals surface area contributed by atoms with Crippen LogP contribution < -0.4 is 11.1 Å². The summed E-state index contributed by atoms with van der Waals surface area (Å²) >= 11 is 0. The highest BCUT2D eigenvalue weighted by molar-refractivity contribution is 5.94. The van der Waals surface area contributed by atoms with Crippen LogP contribution in [0.3, 0.4) is 0 Å². The number of carbonyl (C=O) groups is 1. The fourth-order valence-corrected chi connectivity index (χ4v) is 1.17. The van der Waals surface area contributed by atoms with Crippen molar-refractivity contribution in [2.45, 2.75) is 18.9 Å². The molecule has 0 saturated heterocycles. The average molecular weight is 301 g/mol. The number of rotatable bonds is 5. The van der Waals surface area contributed by atoms with Crippen molar-refractivity contribution < 1.29 is 22.4 Å². The average Bonchev–Trinajstić information content (AvgIpc) is 2.36. The van der Waals surface area contributed by atoms with Crippen LogP contribution >= 0.6 is 12.4 Å². The second-order valence-corrected chi connectivity index (χ2v) is 3.65. The molecule has 0 aliphatic carbocycles. The summed E-state index contributed by atoms with van der Waals surface area (Å²) in [5.74, 6) is -5.06. The molecule has 0 radical (unpaired) electrons. The summed E-state index contributed by atoms with van der Waals surface area (Å²) in [6.45, 7) is -1.12. The van der Waals surface area contributed by atoms with Crippen LogP contribution in [0, 0.1) is 0 Å². The van der Waals surface area contributed by atoms with Gasteiger partial charge < -0.3 is 11.1 Å². The standard InChI is InChI=1S/C11H12F4N2O.ClH/c12-10(13)11(14,15)6-17-9(18)8-3-1-7(5-16)2-4-8;/h1-4,10H,5-6,16H2,(H,17,18);1H. The van der Waals surface area contributed by atoms with E-state index < -0.39 is 24.8 Å². The van der Waals surface area contributed by atoms with Crippen LogP contribution in [-0.2, 0) is 6.54 Å². The van der Waals surface area contributed by atoms with Gasteiger partial charge in [-0.2, -0.15) is 8.78 Å². The number of hydrogen-bond donors (Lipinski definition) is 2. The van der Waals surface area contributed by atoms with Gasteiger partial charge >= 0.3 is 12.3 Å². The number of carbonyl (C=O) groups excluding carboxylic acids is 1. The molecule has 108 valence electrons. The van der Waals surface area contributed by atoms with Gasteiger partial charge in [0.1, 0.15) is 0 Å². The van der Waals surface area contributed by atoms with Gasteiger partial charge in [0, 0.05) is 12.1 Å². The van der Waals surface area contributed by atoms with Crippen LogP contribution in [0.1, 0.15) is 15.9 Å². The molecule has 3 nitrogen and oxygen atoms in total. The number of nitrogens with two attached hydrogens (primary N) is 1. The van der Waals surface area contributed by atoms with E-state index in [1.807, 2.05) is 0 Å². The van der Waals surface area contributed by atoms with E-state index in [9.17, 15) is 22.4 Å². The van der Waals surface area contributed by atoms with Crippen LogP contribution in [0.2, 0.25) is 0 Å². The molecule has 0 aliphatic rings. The first kappa shape index (κ1) is 17.7. The zero-order chi connectivity index (χ0) is 13.8. The molecule has 0 bridgehead atoms. The smallest absolute Gasteiger partial charge is 0.324 e. The number of hydrogen-bond acceptors (Lipinski definition) is 2. The summed E-state index contributed by atoms with van der Waals surface area (Å²) in [6.07, 6.45) is -3.81. The van der Waals surface area contributed by atoms with Crippen LogP contribution in [0.15, 0.2) is 24.3 Å². The number of halogens is 5. The first-order valence-corrected chi connectivity index (χ1v) is 5.10. The van der Waals surface area contributed by atoms with Gasteiger partial charge in [-0.15, -0.1) is 12.4 Å². The van der Waals surface area contributed by atoms with Gasteiger partial charge in [0.15, 0.2) is 0 Å². The van der Waals surface area contributed by atoms with E-state index in [0.717, 1.165) is 5.56 Å². The lowest BCUT2D eigenvalue weighted by Crippen LogP contribution is -2.41. The van der Waals surface area contributed by atoms with Gasteiger partial charge in [0.2, 0.25) is 0 Å². The molecule has 0 aromatic heterocycles. The van der Waals surface area contributed by atoms with E-state index in [1.54, 1.807) is 17.4 Å². The van der Waals surface area contributed by atoms with Crippen molar-refractivity contribution >= 4 is 18.3 Å². The lowest BCUT2D eigenvalue weighted by molar-refractivity contribution is -0.123. The minimum atomic E-state index is -4.23. The molecule has 1 aromatic rings. The van der Waals surface area contributed by atoms with E-state index in [0.29, 0.717) is 0 Å². The van der Waals surface area contributed by atoms with Gasteiger partial charge in [-0.3, -0.25) is 4.79 Å². The van der Waals surface area contributed by atoms with E-state index in [-0.39, 0.29) is 24.5 Å². The third-order valence-corrected chi connectivity index (χ3v) is 2.26. The molecule has 0 fully saturated rings. The van der Waals surface area contributed by atoms with Crippen molar-refractivity contribution in [3.8, 4) is 0 Å². The van der Waals surface area contributed by atoms with E-state index >= 15 is 0 Å². The summed E-state index contributed by atoms with van der Waals surface area (Å²) in [7, 11) is 0. The number of alkyl halides is 4. The Bertz CT molecular complexity index is 412. The molecular weight excluding hydrogens is 288 g/mol. The first-order chi connectivity index (χ1) is 8.36. The highest BCUT2D eigenvalue weighted by Gasteiger charge is 2.40. The summed E-state index contributed by atoms with van der Waals surface area (Å²) in [5, 5.41) is 1.76. The van der Waals surface area contributed by atoms with Crippen molar-refractivity contribution in [2.24, 2.45) is 5.73 Å². The largest absolute Gasteiger partial charge is 0.346 e. The molecule has 19 heavy (non-hydrogen) atoms. The van der Waals surface area contributed by atoms with Crippen LogP contribution in [0.4, 0.5) is 17.6 Å². The number of benzene rings is 1. The maximum absolute atomic E-state index is 12.6. The molecule has 0 aliphatic heterocycles. The Kier molecular flexibility index (Phi) is 6.78. The topological polar surface area (TPSA) is 55.1 Å². The summed E-state index contributed by atoms with van der Waals surface area (Å²) in [6, 6.07) is 5.89. The third-order valence-electron chi connectivity index (χ3n) is 2.26. The Hall–Kier alpha value is -1.34. The Morgan fingerprint density at radius 3 is 2.21 bits per heavy atom. The maximum atomic E-state index is 12.6. The van der Waals surface area contributed by atoms with Crippen molar-refractivity contribution in [2.75, 3.05) is 6.54 Å². The lowest BCUT2D eigenvalue weighted by Gasteiger charge is -2.15. The molecule has 1 aromatic carbocycles. The molecule has 8 heteroatoms. The quantitative estimate of drug-likeness (QED) is 0.819. The molecular formula is C11H13ClF4N2O. The minimum Gasteiger partial charge on any atom is -0.346 e. The van der Waals surface area contributed by atoms with Crippen molar-refractivity contribution in [3.05, 3.63) is 35.4 Å². The van der Waals surface area contributed by atoms with Crippen molar-refractivity contribution in [1.82, 2.24) is 5.32 Å². The molecule has 0 unspecified atom stereocenters. The zero-order valence-electron chi connectivity index (χ0n) is 9.71. The monoisotopic (exact) mass is 300 g/mol. The highest BCUT2D eigenvalue weighted by atomic mass is 35.5. The molecule has 3 N–H and O–H groups in total. The summed E-state index contributed by atoms with van der Waals surface area (Å²) < 4.78 is 48.8. The first-order valence-electron chi connectivity index (χ1n) is 5.10. The fourth-order valence-electron chi connectivity index (χ4n) is 1.17. The molecule has 1 rings (SSSR count). The SMILES string of the molecule is Cl.NCc1ccc(C(=O)NCC(F)(F)C(F)F)cc1. The van der Waals surface area contributed by atoms with E-state index in [1.165, 1.54) is 12.1 Å². The third kappa shape index (κ3) is 5.04. The zero-order valence-corrected chi connectivity index (χ0v) is 10.5. The minimum absolute atomic E-state index is 0. The Balaban J connectivity index is 0.00000324. The molecule has 0 spiro atoms. The predicted octanol–water partition coefficient (Wildman–Crippen LogP) is 2.20. The van der Waals surface area contributed by atoms with Gasteiger partial charge in [-0.1, -0.05) is 12.1 Å². The van der Waals surface area contributed by atoms with Crippen molar-refractivity contribution in [3.63, 3.8) is 0 Å². The van der Waals surface area contributed by atoms with Crippen LogP contribution in [0.5, 0.6) is 0 Å². The summed E-state index contributed by atoms with van der Waals surface area (Å²) in [5.41, 5.74) is 6.22. The van der Waals surface area contributed by atoms with Crippen LogP contribution in [0.25, 0.3) is 0 Å². The van der Waals surface area contributed by atoms with Gasteiger partial charge in [-0.25, -0.2) is 8.78 Å². The van der Waals surface area contributed by atoms with E-state index in [4.69, 9.17) is 5.73 Å². The fraction of sp³-hybridized carbons (Fsp3) is 0.364. The van der Waals surface area contributed by atoms with Gasteiger partial charge in [0.25, 0.3) is 5.91 Å². The van der Waals surface area contributed by atoms with Crippen molar-refractivity contribution in [1.29, 1.82) is 0 Å². The lowest BCUT2D eigenvalue weighted by atomic mass is 10.1. The Morgan fingerprint density at radius 1 is 1.26 bits per heavy atom. The second kappa shape index (κ2) is 7.30. The van der Waals surface area contributed by atoms with Gasteiger partial charge in [-0.05, 0) is 17.7 Å². The molecule has 0 heterocycles. The molecule has 0 saturated carbocycles. The Morgan fingerprint density at radius 2 is 1.79 bits per heavy atom. The number of nitrogens with one attached hydrogen (secondary N) is 1. The Labute approximate surface area is 113 Å². The highest BCUT2D eigenvalue weighted by Crippen LogP contribution is 2.21. The molecule has 0 atom stereocenters.